The van der Waals surface area contributed by atoms with Crippen LogP contribution in [0.2, 0.25) is 0 Å². The van der Waals surface area contributed by atoms with Gasteiger partial charge in [0.05, 0.1) is 0 Å². The predicted molar refractivity (Wildman–Crippen MR) is 95.0 cm³/mol. The van der Waals surface area contributed by atoms with Gasteiger partial charge in [-0.1, -0.05) is 77.2 Å². The Morgan fingerprint density at radius 1 is 0.850 bits per heavy atom. The van der Waals surface area contributed by atoms with Crippen LogP contribution in [0.3, 0.4) is 0 Å². The lowest BCUT2D eigenvalue weighted by Crippen LogP contribution is -2.24. The fourth-order valence-electron chi connectivity index (χ4n) is 2.78. The first-order valence-electron chi connectivity index (χ1n) is 7.88. The van der Waals surface area contributed by atoms with E-state index in [0.717, 1.165) is 11.3 Å². The maximum absolute atomic E-state index is 3.77. The number of nitrogens with one attached hydrogen (secondary N) is 1. The molecule has 0 atom stereocenters. The van der Waals surface area contributed by atoms with Gasteiger partial charge in [-0.25, -0.2) is 0 Å². The molecule has 2 heteroatoms. The van der Waals surface area contributed by atoms with Crippen molar-refractivity contribution in [2.75, 3.05) is 0 Å². The summed E-state index contributed by atoms with van der Waals surface area (Å²) in [6, 6.07) is 2.46. The largest absolute Gasteiger partial charge is 0.361 e. The Balaban J connectivity index is 3.47. The number of rotatable bonds is 3. The van der Waals surface area contributed by atoms with Crippen LogP contribution in [-0.4, -0.2) is 16.3 Å². The predicted octanol–water partition coefficient (Wildman–Crippen LogP) is 5.53. The van der Waals surface area contributed by atoms with E-state index in [2.05, 4.69) is 80.3 Å². The summed E-state index contributed by atoms with van der Waals surface area (Å²) < 4.78 is 0. The van der Waals surface area contributed by atoms with E-state index in [1.54, 1.807) is 5.30 Å². The molecule has 1 nitrogen and oxygen atoms in total. The van der Waals surface area contributed by atoms with Crippen molar-refractivity contribution in [1.29, 1.82) is 0 Å². The van der Waals surface area contributed by atoms with Gasteiger partial charge in [0.25, 0.3) is 0 Å². The topological polar surface area (TPSA) is 15.8 Å². The highest BCUT2D eigenvalue weighted by molar-refractivity contribution is 7.67. The standard InChI is InChI=1S/C18H34NP/c1-12(2)20(13(3)4)14-11-15(17(5,6)7)19-16(14)18(8,9)10/h11-13,19H,1-10H3. The molecule has 0 aliphatic heterocycles. The van der Waals surface area contributed by atoms with Crippen molar-refractivity contribution < 1.29 is 0 Å². The van der Waals surface area contributed by atoms with Gasteiger partial charge in [0.15, 0.2) is 0 Å². The van der Waals surface area contributed by atoms with Crippen LogP contribution < -0.4 is 5.30 Å². The summed E-state index contributed by atoms with van der Waals surface area (Å²) in [5.41, 5.74) is 4.67. The third-order valence-electron chi connectivity index (χ3n) is 3.75. The Morgan fingerprint density at radius 3 is 1.60 bits per heavy atom. The average Bonchev–Trinajstić information content (AvgIpc) is 2.59. The second-order valence-electron chi connectivity index (χ2n) is 8.54. The molecule has 0 fully saturated rings. The van der Waals surface area contributed by atoms with Crippen LogP contribution in [0.4, 0.5) is 0 Å². The maximum atomic E-state index is 3.77. The molecular formula is C18H34NP. The van der Waals surface area contributed by atoms with E-state index < -0.39 is 0 Å². The number of aromatic amines is 1. The summed E-state index contributed by atoms with van der Waals surface area (Å²) in [7, 11) is -0.116. The molecule has 0 aliphatic carbocycles. The molecule has 1 aromatic heterocycles. The zero-order chi connectivity index (χ0) is 15.9. The molecule has 0 aliphatic rings. The van der Waals surface area contributed by atoms with E-state index in [4.69, 9.17) is 0 Å². The minimum absolute atomic E-state index is 0.116. The molecule has 0 saturated heterocycles. The highest BCUT2D eigenvalue weighted by Crippen LogP contribution is 2.47. The SMILES string of the molecule is CC(C)P(c1cc(C(C)(C)C)[nH]c1C(C)(C)C)C(C)C. The van der Waals surface area contributed by atoms with Crippen molar-refractivity contribution in [2.24, 2.45) is 0 Å². The molecule has 0 bridgehead atoms. The molecule has 0 unspecified atom stereocenters. The molecule has 1 aromatic rings. The van der Waals surface area contributed by atoms with E-state index in [-0.39, 0.29) is 18.8 Å². The number of hydrogen-bond acceptors (Lipinski definition) is 0. The minimum Gasteiger partial charge on any atom is -0.361 e. The van der Waals surface area contributed by atoms with Gasteiger partial charge in [-0.3, -0.25) is 0 Å². The number of aromatic nitrogens is 1. The van der Waals surface area contributed by atoms with Crippen LogP contribution in [0.1, 0.15) is 80.6 Å². The second kappa shape index (κ2) is 5.84. The number of hydrogen-bond donors (Lipinski definition) is 1. The third-order valence-corrected chi connectivity index (χ3v) is 6.88. The first-order chi connectivity index (χ1) is 8.85. The van der Waals surface area contributed by atoms with E-state index >= 15 is 0 Å². The van der Waals surface area contributed by atoms with Gasteiger partial charge >= 0.3 is 0 Å². The lowest BCUT2D eigenvalue weighted by molar-refractivity contribution is 0.544. The smallest absolute Gasteiger partial charge is 0.0282 e. The van der Waals surface area contributed by atoms with Crippen LogP contribution in [0, 0.1) is 0 Å². The van der Waals surface area contributed by atoms with Crippen LogP contribution in [-0.2, 0) is 10.8 Å². The first kappa shape index (κ1) is 17.8. The van der Waals surface area contributed by atoms with Crippen molar-refractivity contribution in [3.63, 3.8) is 0 Å². The molecule has 0 amide bonds. The Morgan fingerprint density at radius 2 is 1.30 bits per heavy atom. The molecule has 0 radical (unpaired) electrons. The number of H-pyrrole nitrogens is 1. The monoisotopic (exact) mass is 295 g/mol. The summed E-state index contributed by atoms with van der Waals surface area (Å²) in [4.78, 5) is 3.77. The molecule has 1 heterocycles. The van der Waals surface area contributed by atoms with Crippen LogP contribution in [0.5, 0.6) is 0 Å². The van der Waals surface area contributed by atoms with E-state index in [9.17, 15) is 0 Å². The van der Waals surface area contributed by atoms with Crippen LogP contribution in [0.25, 0.3) is 0 Å². The molecule has 0 saturated carbocycles. The minimum atomic E-state index is -0.116. The molecule has 0 aromatic carbocycles. The van der Waals surface area contributed by atoms with Gasteiger partial charge in [0.1, 0.15) is 0 Å². The Hall–Kier alpha value is -0.290. The molecule has 1 rings (SSSR count). The molecular weight excluding hydrogens is 261 g/mol. The zero-order valence-electron chi connectivity index (χ0n) is 15.2. The van der Waals surface area contributed by atoms with Gasteiger partial charge in [-0.15, -0.1) is 0 Å². The molecule has 1 N–H and O–H groups in total. The van der Waals surface area contributed by atoms with Gasteiger partial charge < -0.3 is 4.98 Å². The summed E-state index contributed by atoms with van der Waals surface area (Å²) in [5, 5.41) is 1.60. The van der Waals surface area contributed by atoms with Crippen molar-refractivity contribution in [3.05, 3.63) is 17.5 Å². The fourth-order valence-corrected chi connectivity index (χ4v) is 6.01. The van der Waals surface area contributed by atoms with Crippen molar-refractivity contribution in [2.45, 2.75) is 91.4 Å². The lowest BCUT2D eigenvalue weighted by Gasteiger charge is -2.29. The summed E-state index contributed by atoms with van der Waals surface area (Å²) >= 11 is 0. The first-order valence-corrected chi connectivity index (χ1v) is 9.36. The van der Waals surface area contributed by atoms with Crippen LogP contribution in [0.15, 0.2) is 6.07 Å². The Bertz CT molecular complexity index is 433. The van der Waals surface area contributed by atoms with Crippen molar-refractivity contribution in [1.82, 2.24) is 4.98 Å². The van der Waals surface area contributed by atoms with Gasteiger partial charge in [-0.05, 0) is 22.7 Å². The van der Waals surface area contributed by atoms with E-state index in [0.29, 0.717) is 0 Å². The Kier molecular flexibility index (Phi) is 5.18. The van der Waals surface area contributed by atoms with Crippen molar-refractivity contribution in [3.8, 4) is 0 Å². The van der Waals surface area contributed by atoms with Gasteiger partial charge in [-0.2, -0.15) is 0 Å². The van der Waals surface area contributed by atoms with E-state index in [1.165, 1.54) is 11.4 Å². The normalized spacial score (nSPS) is 13.8. The van der Waals surface area contributed by atoms with Gasteiger partial charge in [0, 0.05) is 22.2 Å². The second-order valence-corrected chi connectivity index (χ2v) is 11.9. The molecule has 0 spiro atoms. The Labute approximate surface area is 127 Å². The summed E-state index contributed by atoms with van der Waals surface area (Å²) in [5.74, 6) is 0. The zero-order valence-corrected chi connectivity index (χ0v) is 16.1. The summed E-state index contributed by atoms with van der Waals surface area (Å²) in [6.45, 7) is 23.4. The highest BCUT2D eigenvalue weighted by atomic mass is 31.1. The fraction of sp³-hybridized carbons (Fsp3) is 0.778. The quantitative estimate of drug-likeness (QED) is 0.705. The van der Waals surface area contributed by atoms with E-state index in [1.807, 2.05) is 0 Å². The highest BCUT2D eigenvalue weighted by Gasteiger charge is 2.30. The molecule has 116 valence electrons. The summed E-state index contributed by atoms with van der Waals surface area (Å²) in [6.07, 6.45) is 0. The van der Waals surface area contributed by atoms with Crippen molar-refractivity contribution >= 4 is 13.2 Å². The average molecular weight is 295 g/mol. The third kappa shape index (κ3) is 3.88. The lowest BCUT2D eigenvalue weighted by atomic mass is 9.92. The van der Waals surface area contributed by atoms with Gasteiger partial charge in [0.2, 0.25) is 0 Å². The van der Waals surface area contributed by atoms with Crippen LogP contribution >= 0.6 is 7.92 Å². The maximum Gasteiger partial charge on any atom is 0.0282 e. The molecule has 20 heavy (non-hydrogen) atoms.